The van der Waals surface area contributed by atoms with Gasteiger partial charge in [0.05, 0.1) is 32.0 Å². The fourth-order valence-electron chi connectivity index (χ4n) is 6.92. The number of carbonyl (C=O) groups excluding carboxylic acids is 1. The van der Waals surface area contributed by atoms with Gasteiger partial charge in [-0.05, 0) is 70.6 Å². The highest BCUT2D eigenvalue weighted by atomic mass is 16.7. The van der Waals surface area contributed by atoms with Crippen molar-refractivity contribution >= 4 is 5.91 Å². The summed E-state index contributed by atoms with van der Waals surface area (Å²) in [4.78, 5) is 13.1. The number of hydrogen-bond acceptors (Lipinski definition) is 13. The Morgan fingerprint density at radius 2 is 1.08 bits per heavy atom. The van der Waals surface area contributed by atoms with Gasteiger partial charge >= 0.3 is 0 Å². The number of unbranched alkanes of at least 4 members (excludes halogenated alkanes) is 6. The van der Waals surface area contributed by atoms with E-state index in [0.29, 0.717) is 12.8 Å². The van der Waals surface area contributed by atoms with E-state index in [9.17, 15) is 45.6 Å². The maximum absolute atomic E-state index is 13.1. The molecule has 1 amide bonds. The minimum Gasteiger partial charge on any atom is -0.394 e. The SMILES string of the molecule is CC/C=C\C/C=C\C/C=C\C/C=C\C/C=C\C/C=C\C/C=C\CCCC(=O)NC(COC1OC(CO)C(OC2OC(CO)C(O)C(O)C2O)C(O)C1O)C(O)/C=C/CCCCCCC. The van der Waals surface area contributed by atoms with Crippen LogP contribution in [0.3, 0.4) is 0 Å². The summed E-state index contributed by atoms with van der Waals surface area (Å²) in [5.41, 5.74) is 0. The molecular weight excluding hydrogens is 823 g/mol. The monoisotopic (exact) mass is 904 g/mol. The molecule has 64 heavy (non-hydrogen) atoms. The van der Waals surface area contributed by atoms with E-state index in [4.69, 9.17) is 18.9 Å². The number of allylic oxidation sites excluding steroid dienone is 15. The first-order chi connectivity index (χ1) is 31.1. The number of nitrogens with one attached hydrogen (secondary N) is 1. The van der Waals surface area contributed by atoms with Crippen LogP contribution in [0.15, 0.2) is 97.2 Å². The first-order valence-corrected chi connectivity index (χ1v) is 23.5. The predicted molar refractivity (Wildman–Crippen MR) is 249 cm³/mol. The highest BCUT2D eigenvalue weighted by molar-refractivity contribution is 5.76. The lowest BCUT2D eigenvalue weighted by Crippen LogP contribution is -2.65. The van der Waals surface area contributed by atoms with Crippen LogP contribution in [0.1, 0.15) is 117 Å². The number of aliphatic hydroxyl groups is 8. The van der Waals surface area contributed by atoms with Gasteiger partial charge in [-0.2, -0.15) is 0 Å². The molecule has 14 nitrogen and oxygen atoms in total. The van der Waals surface area contributed by atoms with Gasteiger partial charge in [0.25, 0.3) is 0 Å². The quantitative estimate of drug-likeness (QED) is 0.0305. The van der Waals surface area contributed by atoms with Crippen molar-refractivity contribution in [2.45, 2.75) is 190 Å². The standard InChI is InChI=1S/C50H81NO13/c1-3-5-7-9-11-12-13-14-15-16-17-18-19-20-21-22-23-24-25-26-28-30-32-34-42(55)51-38(39(54)33-31-29-27-10-8-6-4-2)37-61-49-47(60)45(58)48(41(36-53)63-49)64-50-46(59)44(57)43(56)40(35-52)62-50/h5,7,11-12,14-15,17-18,20-21,23-24,26,28,31,33,38-41,43-50,52-54,56-60H,3-4,6,8-10,13,16,19,22,25,27,29-30,32,34-37H2,1-2H3,(H,51,55)/b7-5-,12-11-,15-14-,18-17-,21-20-,24-23-,28-26-,33-31+. The lowest BCUT2D eigenvalue weighted by atomic mass is 9.97. The first-order valence-electron chi connectivity index (χ1n) is 23.5. The Morgan fingerprint density at radius 3 is 1.62 bits per heavy atom. The molecule has 2 aliphatic heterocycles. The Morgan fingerprint density at radius 1 is 0.578 bits per heavy atom. The Bertz CT molecular complexity index is 1440. The molecule has 364 valence electrons. The number of amides is 1. The van der Waals surface area contributed by atoms with Crippen LogP contribution in [-0.4, -0.2) is 140 Å². The first kappa shape index (κ1) is 57.0. The molecule has 9 N–H and O–H groups in total. The van der Waals surface area contributed by atoms with Gasteiger partial charge in [0.15, 0.2) is 12.6 Å². The van der Waals surface area contributed by atoms with E-state index < -0.39 is 86.8 Å². The van der Waals surface area contributed by atoms with E-state index in [0.717, 1.165) is 77.0 Å². The summed E-state index contributed by atoms with van der Waals surface area (Å²) in [6, 6.07) is -0.948. The zero-order valence-corrected chi connectivity index (χ0v) is 38.2. The lowest BCUT2D eigenvalue weighted by Gasteiger charge is -2.46. The molecule has 0 aromatic carbocycles. The van der Waals surface area contributed by atoms with Crippen molar-refractivity contribution in [3.63, 3.8) is 0 Å². The highest BCUT2D eigenvalue weighted by Gasteiger charge is 2.50. The summed E-state index contributed by atoms with van der Waals surface area (Å²) in [5, 5.41) is 86.2. The van der Waals surface area contributed by atoms with Crippen molar-refractivity contribution in [3.05, 3.63) is 97.2 Å². The van der Waals surface area contributed by atoms with Crippen LogP contribution in [0, 0.1) is 0 Å². The molecule has 14 heteroatoms. The third kappa shape index (κ3) is 23.4. The van der Waals surface area contributed by atoms with E-state index in [1.54, 1.807) is 6.08 Å². The van der Waals surface area contributed by atoms with Crippen LogP contribution in [0.4, 0.5) is 0 Å². The molecule has 2 saturated heterocycles. The zero-order chi connectivity index (χ0) is 46.8. The van der Waals surface area contributed by atoms with Crippen LogP contribution in [0.25, 0.3) is 0 Å². The number of rotatable bonds is 33. The van der Waals surface area contributed by atoms with Gasteiger partial charge < -0.3 is 65.1 Å². The van der Waals surface area contributed by atoms with Crippen LogP contribution >= 0.6 is 0 Å². The van der Waals surface area contributed by atoms with Gasteiger partial charge in [0, 0.05) is 6.42 Å². The van der Waals surface area contributed by atoms with Crippen LogP contribution in [-0.2, 0) is 23.7 Å². The maximum atomic E-state index is 13.1. The number of aliphatic hydroxyl groups excluding tert-OH is 8. The second-order valence-corrected chi connectivity index (χ2v) is 16.1. The normalized spacial score (nSPS) is 28.2. The van der Waals surface area contributed by atoms with Gasteiger partial charge in [0.1, 0.15) is 48.8 Å². The molecule has 0 saturated carbocycles. The van der Waals surface area contributed by atoms with E-state index in [1.807, 2.05) is 12.2 Å². The van der Waals surface area contributed by atoms with Crippen LogP contribution < -0.4 is 5.32 Å². The minimum atomic E-state index is -1.80. The molecule has 0 spiro atoms. The molecule has 2 rings (SSSR count). The number of hydrogen-bond donors (Lipinski definition) is 9. The van der Waals surface area contributed by atoms with E-state index in [1.165, 1.54) is 6.42 Å². The molecule has 2 heterocycles. The molecule has 12 unspecified atom stereocenters. The second-order valence-electron chi connectivity index (χ2n) is 16.1. The minimum absolute atomic E-state index is 0.194. The number of carbonyl (C=O) groups is 1. The number of ether oxygens (including phenoxy) is 4. The summed E-state index contributed by atoms with van der Waals surface area (Å²) in [7, 11) is 0. The van der Waals surface area contributed by atoms with E-state index in [2.05, 4.69) is 98.2 Å². The fraction of sp³-hybridized carbons (Fsp3) is 0.660. The molecular formula is C50H81NO13. The molecule has 0 radical (unpaired) electrons. The molecule has 0 aromatic heterocycles. The lowest BCUT2D eigenvalue weighted by molar-refractivity contribution is -0.359. The van der Waals surface area contributed by atoms with Crippen molar-refractivity contribution in [3.8, 4) is 0 Å². The van der Waals surface area contributed by atoms with E-state index >= 15 is 0 Å². The van der Waals surface area contributed by atoms with Gasteiger partial charge in [-0.15, -0.1) is 0 Å². The summed E-state index contributed by atoms with van der Waals surface area (Å²) in [6.07, 6.45) is 30.6. The average molecular weight is 904 g/mol. The Balaban J connectivity index is 1.82. The molecule has 0 aliphatic carbocycles. The van der Waals surface area contributed by atoms with Gasteiger partial charge in [-0.3, -0.25) is 4.79 Å². The highest BCUT2D eigenvalue weighted by Crippen LogP contribution is 2.29. The molecule has 2 fully saturated rings. The zero-order valence-electron chi connectivity index (χ0n) is 38.2. The third-order valence-electron chi connectivity index (χ3n) is 10.8. The summed E-state index contributed by atoms with van der Waals surface area (Å²) < 4.78 is 22.5. The van der Waals surface area contributed by atoms with Gasteiger partial charge in [0.2, 0.25) is 5.91 Å². The average Bonchev–Trinajstić information content (AvgIpc) is 3.29. The molecule has 0 bridgehead atoms. The van der Waals surface area contributed by atoms with Crippen LogP contribution in [0.2, 0.25) is 0 Å². The predicted octanol–water partition coefficient (Wildman–Crippen LogP) is 5.20. The molecule has 2 aliphatic rings. The summed E-state index contributed by atoms with van der Waals surface area (Å²) >= 11 is 0. The van der Waals surface area contributed by atoms with Crippen molar-refractivity contribution in [1.82, 2.24) is 5.32 Å². The van der Waals surface area contributed by atoms with Crippen molar-refractivity contribution in [2.75, 3.05) is 19.8 Å². The Hall–Kier alpha value is -3.09. The van der Waals surface area contributed by atoms with Gasteiger partial charge in [-0.25, -0.2) is 0 Å². The Kier molecular flexibility index (Phi) is 32.2. The second kappa shape index (κ2) is 36.1. The van der Waals surface area contributed by atoms with Crippen LogP contribution in [0.5, 0.6) is 0 Å². The summed E-state index contributed by atoms with van der Waals surface area (Å²) in [6.45, 7) is 2.52. The molecule has 12 atom stereocenters. The van der Waals surface area contributed by atoms with E-state index in [-0.39, 0.29) is 18.9 Å². The van der Waals surface area contributed by atoms with Crippen molar-refractivity contribution < 1.29 is 64.6 Å². The summed E-state index contributed by atoms with van der Waals surface area (Å²) in [5.74, 6) is -0.308. The molecule has 0 aromatic rings. The maximum Gasteiger partial charge on any atom is 0.220 e. The van der Waals surface area contributed by atoms with Crippen molar-refractivity contribution in [2.24, 2.45) is 0 Å². The van der Waals surface area contributed by atoms with Gasteiger partial charge in [-0.1, -0.05) is 137 Å². The largest absolute Gasteiger partial charge is 0.394 e. The smallest absolute Gasteiger partial charge is 0.220 e. The Labute approximate surface area is 382 Å². The fourth-order valence-corrected chi connectivity index (χ4v) is 6.92. The topological polar surface area (TPSA) is 228 Å². The van der Waals surface area contributed by atoms with Crippen molar-refractivity contribution in [1.29, 1.82) is 0 Å². The third-order valence-corrected chi connectivity index (χ3v) is 10.8.